The fraction of sp³-hybridized carbons (Fsp3) is 0.250. The minimum atomic E-state index is -0.688. The Morgan fingerprint density at radius 1 is 1.11 bits per heavy atom. The lowest BCUT2D eigenvalue weighted by molar-refractivity contribution is -0.126. The van der Waals surface area contributed by atoms with Crippen molar-refractivity contribution in [3.8, 4) is 11.6 Å². The smallest absolute Gasteiger partial charge is 0.252 e. The number of nitrogens with one attached hydrogen (secondary N) is 2. The highest BCUT2D eigenvalue weighted by atomic mass is 16.5. The van der Waals surface area contributed by atoms with E-state index in [1.807, 2.05) is 42.6 Å². The Morgan fingerprint density at radius 3 is 2.74 bits per heavy atom. The Kier molecular flexibility index (Phi) is 4.84. The van der Waals surface area contributed by atoms with Crippen LogP contribution < -0.4 is 15.4 Å². The maximum absolute atomic E-state index is 13.2. The Labute approximate surface area is 157 Å². The van der Waals surface area contributed by atoms with Crippen LogP contribution in [0.1, 0.15) is 12.8 Å². The number of anilines is 1. The second-order valence-corrected chi connectivity index (χ2v) is 6.48. The number of carbonyl (C=O) groups is 1. The first-order chi connectivity index (χ1) is 13.3. The van der Waals surface area contributed by atoms with Gasteiger partial charge in [-0.3, -0.25) is 9.48 Å². The summed E-state index contributed by atoms with van der Waals surface area (Å²) >= 11 is 0. The molecule has 0 bridgehead atoms. The maximum atomic E-state index is 13.2. The van der Waals surface area contributed by atoms with Crippen LogP contribution in [0, 0.1) is 0 Å². The average Bonchev–Trinajstić information content (AvgIpc) is 3.25. The largest absolute Gasteiger partial charge is 0.439 e. The van der Waals surface area contributed by atoms with Crippen LogP contribution in [0.3, 0.4) is 0 Å². The zero-order valence-electron chi connectivity index (χ0n) is 14.8. The van der Waals surface area contributed by atoms with Crippen LogP contribution in [-0.2, 0) is 10.3 Å². The summed E-state index contributed by atoms with van der Waals surface area (Å²) in [6, 6.07) is 14.6. The molecular formula is C20H21N5O2. The molecule has 3 aromatic rings. The molecule has 0 saturated carbocycles. The molecule has 0 aliphatic carbocycles. The number of amides is 1. The van der Waals surface area contributed by atoms with Crippen LogP contribution in [0.25, 0.3) is 0 Å². The van der Waals surface area contributed by atoms with Gasteiger partial charge in [-0.1, -0.05) is 12.1 Å². The molecule has 7 nitrogen and oxygen atoms in total. The molecule has 1 saturated heterocycles. The zero-order chi connectivity index (χ0) is 18.5. The van der Waals surface area contributed by atoms with Crippen LogP contribution in [0.5, 0.6) is 11.6 Å². The molecule has 1 fully saturated rings. The van der Waals surface area contributed by atoms with Crippen LogP contribution in [0.4, 0.5) is 5.69 Å². The van der Waals surface area contributed by atoms with Gasteiger partial charge in [0.1, 0.15) is 11.3 Å². The van der Waals surface area contributed by atoms with Crippen LogP contribution in [0.15, 0.2) is 67.1 Å². The molecule has 138 valence electrons. The number of rotatable bonds is 5. The summed E-state index contributed by atoms with van der Waals surface area (Å²) in [7, 11) is 0. The second kappa shape index (κ2) is 7.59. The first-order valence-corrected chi connectivity index (χ1v) is 8.98. The highest BCUT2D eigenvalue weighted by molar-refractivity contribution is 5.96. The lowest BCUT2D eigenvalue weighted by Gasteiger charge is -2.36. The predicted molar refractivity (Wildman–Crippen MR) is 102 cm³/mol. The topological polar surface area (TPSA) is 81.1 Å². The molecule has 1 aliphatic heterocycles. The van der Waals surface area contributed by atoms with Gasteiger partial charge in [0.05, 0.1) is 0 Å². The SMILES string of the molecule is O=C(Nc1cccc(Oc2ccccn2)c1)C1(n2cccn2)CCNCC1. The van der Waals surface area contributed by atoms with E-state index < -0.39 is 5.54 Å². The summed E-state index contributed by atoms with van der Waals surface area (Å²) in [5.74, 6) is 1.06. The van der Waals surface area contributed by atoms with Gasteiger partial charge in [0.25, 0.3) is 5.91 Å². The minimum absolute atomic E-state index is 0.0670. The summed E-state index contributed by atoms with van der Waals surface area (Å²) in [5, 5.41) is 10.7. The van der Waals surface area contributed by atoms with E-state index in [0.29, 0.717) is 30.2 Å². The summed E-state index contributed by atoms with van der Waals surface area (Å²) in [4.78, 5) is 17.4. The average molecular weight is 363 g/mol. The Morgan fingerprint density at radius 2 is 2.00 bits per heavy atom. The molecule has 3 heterocycles. The summed E-state index contributed by atoms with van der Waals surface area (Å²) in [6.45, 7) is 1.55. The fourth-order valence-electron chi connectivity index (χ4n) is 3.34. The lowest BCUT2D eigenvalue weighted by Crippen LogP contribution is -2.52. The van der Waals surface area contributed by atoms with Crippen LogP contribution in [0.2, 0.25) is 0 Å². The molecule has 0 atom stereocenters. The van der Waals surface area contributed by atoms with Crippen molar-refractivity contribution >= 4 is 11.6 Å². The van der Waals surface area contributed by atoms with Gasteiger partial charge in [-0.05, 0) is 50.2 Å². The third-order valence-electron chi connectivity index (χ3n) is 4.75. The standard InChI is InChI=1S/C20H21N5O2/c26-19(20(8-12-21-13-9-20)25-14-4-11-23-25)24-16-5-3-6-17(15-16)27-18-7-1-2-10-22-18/h1-7,10-11,14-15,21H,8-9,12-13H2,(H,24,26). The number of hydrogen-bond donors (Lipinski definition) is 2. The fourth-order valence-corrected chi connectivity index (χ4v) is 3.34. The molecular weight excluding hydrogens is 342 g/mol. The molecule has 0 spiro atoms. The van der Waals surface area contributed by atoms with Crippen molar-refractivity contribution < 1.29 is 9.53 Å². The van der Waals surface area contributed by atoms with Crippen molar-refractivity contribution in [1.29, 1.82) is 0 Å². The molecule has 27 heavy (non-hydrogen) atoms. The van der Waals surface area contributed by atoms with Gasteiger partial charge in [0.2, 0.25) is 5.88 Å². The van der Waals surface area contributed by atoms with Crippen molar-refractivity contribution in [2.45, 2.75) is 18.4 Å². The van der Waals surface area contributed by atoms with Gasteiger partial charge in [-0.2, -0.15) is 5.10 Å². The quantitative estimate of drug-likeness (QED) is 0.729. The second-order valence-electron chi connectivity index (χ2n) is 6.48. The third kappa shape index (κ3) is 3.68. The van der Waals surface area contributed by atoms with E-state index in [2.05, 4.69) is 20.7 Å². The third-order valence-corrected chi connectivity index (χ3v) is 4.75. The zero-order valence-corrected chi connectivity index (χ0v) is 14.8. The molecule has 2 N–H and O–H groups in total. The van der Waals surface area contributed by atoms with Crippen LogP contribution in [-0.4, -0.2) is 33.8 Å². The van der Waals surface area contributed by atoms with Crippen molar-refractivity contribution in [2.75, 3.05) is 18.4 Å². The van der Waals surface area contributed by atoms with Gasteiger partial charge in [0.15, 0.2) is 0 Å². The van der Waals surface area contributed by atoms with Crippen LogP contribution >= 0.6 is 0 Å². The number of pyridine rings is 1. The number of nitrogens with zero attached hydrogens (tertiary/aromatic N) is 3. The van der Waals surface area contributed by atoms with Crippen molar-refractivity contribution in [3.63, 3.8) is 0 Å². The van der Waals surface area contributed by atoms with E-state index in [-0.39, 0.29) is 5.91 Å². The summed E-state index contributed by atoms with van der Waals surface area (Å²) < 4.78 is 7.53. The Balaban J connectivity index is 1.54. The van der Waals surface area contributed by atoms with E-state index in [1.165, 1.54) is 0 Å². The molecule has 1 aliphatic rings. The highest BCUT2D eigenvalue weighted by Crippen LogP contribution is 2.30. The Hall–Kier alpha value is -3.19. The van der Waals surface area contributed by atoms with Crippen molar-refractivity contribution in [3.05, 3.63) is 67.1 Å². The monoisotopic (exact) mass is 363 g/mol. The van der Waals surface area contributed by atoms with Gasteiger partial charge >= 0.3 is 0 Å². The van der Waals surface area contributed by atoms with E-state index in [4.69, 9.17) is 4.74 Å². The molecule has 4 rings (SSSR count). The number of piperidine rings is 1. The van der Waals surface area contributed by atoms with Gasteiger partial charge in [-0.25, -0.2) is 4.98 Å². The van der Waals surface area contributed by atoms with Gasteiger partial charge < -0.3 is 15.4 Å². The minimum Gasteiger partial charge on any atom is -0.439 e. The normalized spacial score (nSPS) is 15.9. The molecule has 2 aromatic heterocycles. The highest BCUT2D eigenvalue weighted by Gasteiger charge is 2.42. The van der Waals surface area contributed by atoms with E-state index in [1.54, 1.807) is 29.2 Å². The van der Waals surface area contributed by atoms with Gasteiger partial charge in [-0.15, -0.1) is 0 Å². The van der Waals surface area contributed by atoms with Crippen molar-refractivity contribution in [1.82, 2.24) is 20.1 Å². The maximum Gasteiger partial charge on any atom is 0.252 e. The Bertz CT molecular complexity index is 890. The van der Waals surface area contributed by atoms with Gasteiger partial charge in [0, 0.05) is 36.4 Å². The number of aromatic nitrogens is 3. The number of ether oxygens (including phenoxy) is 1. The molecule has 1 aromatic carbocycles. The van der Waals surface area contributed by atoms with E-state index >= 15 is 0 Å². The lowest BCUT2D eigenvalue weighted by atomic mass is 9.87. The first-order valence-electron chi connectivity index (χ1n) is 8.98. The molecule has 0 unspecified atom stereocenters. The van der Waals surface area contributed by atoms with E-state index in [0.717, 1.165) is 13.1 Å². The summed E-state index contributed by atoms with van der Waals surface area (Å²) in [6.07, 6.45) is 6.60. The molecule has 1 amide bonds. The molecule has 7 heteroatoms. The first kappa shape index (κ1) is 17.2. The summed E-state index contributed by atoms with van der Waals surface area (Å²) in [5.41, 5.74) is -0.00874. The number of hydrogen-bond acceptors (Lipinski definition) is 5. The van der Waals surface area contributed by atoms with Crippen molar-refractivity contribution in [2.24, 2.45) is 0 Å². The van der Waals surface area contributed by atoms with E-state index in [9.17, 15) is 4.79 Å². The molecule has 0 radical (unpaired) electrons. The number of carbonyl (C=O) groups excluding carboxylic acids is 1. The number of benzene rings is 1. The predicted octanol–water partition coefficient (Wildman–Crippen LogP) is 2.79.